The Labute approximate surface area is 66.1 Å². The zero-order valence-corrected chi connectivity index (χ0v) is 6.97. The van der Waals surface area contributed by atoms with Crippen molar-refractivity contribution in [3.63, 3.8) is 0 Å². The molecule has 11 heavy (non-hydrogen) atoms. The molecule has 1 aromatic rings. The van der Waals surface area contributed by atoms with E-state index in [4.69, 9.17) is 5.26 Å². The third-order valence-corrected chi connectivity index (χ3v) is 1.64. The van der Waals surface area contributed by atoms with Gasteiger partial charge < -0.3 is 4.98 Å². The highest BCUT2D eigenvalue weighted by Crippen LogP contribution is 2.15. The maximum absolute atomic E-state index is 8.62. The molecule has 0 spiro atoms. The number of H-pyrrole nitrogens is 1. The van der Waals surface area contributed by atoms with Crippen molar-refractivity contribution in [2.45, 2.75) is 26.7 Å². The molecule has 0 aromatic carbocycles. The summed E-state index contributed by atoms with van der Waals surface area (Å²) in [4.78, 5) is 7.26. The summed E-state index contributed by atoms with van der Waals surface area (Å²) >= 11 is 0. The molecule has 0 saturated heterocycles. The third kappa shape index (κ3) is 1.40. The van der Waals surface area contributed by atoms with Crippen LogP contribution in [0, 0.1) is 25.2 Å². The van der Waals surface area contributed by atoms with E-state index < -0.39 is 0 Å². The van der Waals surface area contributed by atoms with Gasteiger partial charge in [-0.15, -0.1) is 0 Å². The molecule has 0 fully saturated rings. The Morgan fingerprint density at radius 1 is 1.55 bits per heavy atom. The quantitative estimate of drug-likeness (QED) is 0.660. The van der Waals surface area contributed by atoms with Crippen LogP contribution in [0.3, 0.4) is 0 Å². The lowest BCUT2D eigenvalue weighted by Gasteiger charge is -1.96. The molecule has 1 atom stereocenters. The summed E-state index contributed by atoms with van der Waals surface area (Å²) in [7, 11) is 0. The average molecular weight is 149 g/mol. The van der Waals surface area contributed by atoms with E-state index >= 15 is 0 Å². The van der Waals surface area contributed by atoms with Gasteiger partial charge in [0, 0.05) is 5.69 Å². The molecule has 0 bridgehead atoms. The Bertz CT molecular complexity index is 293. The number of aryl methyl sites for hydroxylation is 2. The second kappa shape index (κ2) is 2.75. The summed E-state index contributed by atoms with van der Waals surface area (Å²) in [6.45, 7) is 5.67. The molecule has 3 heteroatoms. The van der Waals surface area contributed by atoms with Crippen LogP contribution in [-0.4, -0.2) is 9.97 Å². The van der Waals surface area contributed by atoms with Crippen LogP contribution in [0.15, 0.2) is 0 Å². The van der Waals surface area contributed by atoms with E-state index in [0.717, 1.165) is 17.2 Å². The fourth-order valence-electron chi connectivity index (χ4n) is 1.11. The maximum atomic E-state index is 8.62. The summed E-state index contributed by atoms with van der Waals surface area (Å²) in [5, 5.41) is 8.62. The van der Waals surface area contributed by atoms with Crippen molar-refractivity contribution >= 4 is 0 Å². The molecule has 0 aliphatic carbocycles. The molecule has 1 rings (SSSR count). The van der Waals surface area contributed by atoms with Gasteiger partial charge in [-0.3, -0.25) is 0 Å². The lowest BCUT2D eigenvalue weighted by Crippen LogP contribution is -1.92. The molecule has 1 aromatic heterocycles. The largest absolute Gasteiger partial charge is 0.346 e. The van der Waals surface area contributed by atoms with Crippen molar-refractivity contribution in [1.82, 2.24) is 9.97 Å². The number of aromatic amines is 1. The predicted molar refractivity (Wildman–Crippen MR) is 42.1 cm³/mol. The van der Waals surface area contributed by atoms with Crippen LogP contribution in [0.2, 0.25) is 0 Å². The van der Waals surface area contributed by atoms with Crippen molar-refractivity contribution in [2.75, 3.05) is 0 Å². The van der Waals surface area contributed by atoms with Gasteiger partial charge in [0.05, 0.1) is 17.7 Å². The lowest BCUT2D eigenvalue weighted by atomic mass is 10.1. The summed E-state index contributed by atoms with van der Waals surface area (Å²) < 4.78 is 0. The first kappa shape index (κ1) is 7.80. The second-order valence-electron chi connectivity index (χ2n) is 2.68. The molecule has 0 amide bonds. The first-order valence-electron chi connectivity index (χ1n) is 3.58. The zero-order valence-electron chi connectivity index (χ0n) is 6.97. The van der Waals surface area contributed by atoms with Gasteiger partial charge in [-0.25, -0.2) is 4.98 Å². The standard InChI is InChI=1S/C8H11N3/c1-5(4-9)8-6(2)10-7(3)11-8/h5H,1-3H3,(H,10,11). The fraction of sp³-hybridized carbons (Fsp3) is 0.500. The minimum absolute atomic E-state index is 0.111. The van der Waals surface area contributed by atoms with Crippen LogP contribution in [0.25, 0.3) is 0 Å². The predicted octanol–water partition coefficient (Wildman–Crippen LogP) is 1.65. The Morgan fingerprint density at radius 2 is 2.18 bits per heavy atom. The Balaban J connectivity index is 3.05. The number of nitrogens with one attached hydrogen (secondary N) is 1. The SMILES string of the molecule is Cc1nc(C(C)C#N)c(C)[nH]1. The van der Waals surface area contributed by atoms with Crippen LogP contribution in [-0.2, 0) is 0 Å². The van der Waals surface area contributed by atoms with E-state index in [1.807, 2.05) is 20.8 Å². The van der Waals surface area contributed by atoms with E-state index in [1.165, 1.54) is 0 Å². The van der Waals surface area contributed by atoms with E-state index in [1.54, 1.807) is 0 Å². The maximum Gasteiger partial charge on any atom is 0.103 e. The highest BCUT2D eigenvalue weighted by Gasteiger charge is 2.10. The molecule has 1 N–H and O–H groups in total. The van der Waals surface area contributed by atoms with Crippen molar-refractivity contribution in [3.05, 3.63) is 17.2 Å². The van der Waals surface area contributed by atoms with Crippen molar-refractivity contribution in [2.24, 2.45) is 0 Å². The molecule has 0 radical (unpaired) electrons. The number of hydrogen-bond donors (Lipinski definition) is 1. The van der Waals surface area contributed by atoms with Crippen LogP contribution < -0.4 is 0 Å². The van der Waals surface area contributed by atoms with E-state index in [0.29, 0.717) is 0 Å². The van der Waals surface area contributed by atoms with E-state index in [-0.39, 0.29) is 5.92 Å². The molecule has 1 heterocycles. The van der Waals surface area contributed by atoms with Gasteiger partial charge in [0.1, 0.15) is 5.82 Å². The van der Waals surface area contributed by atoms with Crippen molar-refractivity contribution < 1.29 is 0 Å². The Hall–Kier alpha value is -1.30. The summed E-state index contributed by atoms with van der Waals surface area (Å²) in [6, 6.07) is 2.15. The minimum atomic E-state index is -0.111. The van der Waals surface area contributed by atoms with E-state index in [2.05, 4.69) is 16.0 Å². The van der Waals surface area contributed by atoms with Gasteiger partial charge >= 0.3 is 0 Å². The number of imidazole rings is 1. The number of rotatable bonds is 1. The number of nitriles is 1. The average Bonchev–Trinajstić information content (AvgIpc) is 2.28. The van der Waals surface area contributed by atoms with Gasteiger partial charge in [0.25, 0.3) is 0 Å². The van der Waals surface area contributed by atoms with Gasteiger partial charge in [-0.2, -0.15) is 5.26 Å². The molecule has 0 aliphatic rings. The fourth-order valence-corrected chi connectivity index (χ4v) is 1.11. The minimum Gasteiger partial charge on any atom is -0.346 e. The zero-order chi connectivity index (χ0) is 8.43. The number of aromatic nitrogens is 2. The Kier molecular flexibility index (Phi) is 1.95. The van der Waals surface area contributed by atoms with Crippen LogP contribution in [0.1, 0.15) is 30.1 Å². The van der Waals surface area contributed by atoms with Gasteiger partial charge in [0.15, 0.2) is 0 Å². The first-order valence-corrected chi connectivity index (χ1v) is 3.58. The third-order valence-electron chi connectivity index (χ3n) is 1.64. The lowest BCUT2D eigenvalue weighted by molar-refractivity contribution is 0.915. The summed E-state index contributed by atoms with van der Waals surface area (Å²) in [5.41, 5.74) is 1.86. The number of hydrogen-bond acceptors (Lipinski definition) is 2. The van der Waals surface area contributed by atoms with Gasteiger partial charge in [0.2, 0.25) is 0 Å². The first-order chi connectivity index (χ1) is 5.15. The molecular weight excluding hydrogens is 138 g/mol. The summed E-state index contributed by atoms with van der Waals surface area (Å²) in [5.74, 6) is 0.763. The van der Waals surface area contributed by atoms with Crippen molar-refractivity contribution in [3.8, 4) is 6.07 Å². The molecule has 58 valence electrons. The van der Waals surface area contributed by atoms with Crippen molar-refractivity contribution in [1.29, 1.82) is 5.26 Å². The topological polar surface area (TPSA) is 52.5 Å². The highest BCUT2D eigenvalue weighted by atomic mass is 14.9. The summed E-state index contributed by atoms with van der Waals surface area (Å²) in [6.07, 6.45) is 0. The van der Waals surface area contributed by atoms with Gasteiger partial charge in [-0.1, -0.05) is 0 Å². The smallest absolute Gasteiger partial charge is 0.103 e. The van der Waals surface area contributed by atoms with Crippen LogP contribution in [0.5, 0.6) is 0 Å². The molecule has 0 saturated carbocycles. The second-order valence-corrected chi connectivity index (χ2v) is 2.68. The molecule has 0 aliphatic heterocycles. The number of nitrogens with zero attached hydrogens (tertiary/aromatic N) is 2. The van der Waals surface area contributed by atoms with Gasteiger partial charge in [-0.05, 0) is 20.8 Å². The molecule has 3 nitrogen and oxygen atoms in total. The highest BCUT2D eigenvalue weighted by molar-refractivity contribution is 5.21. The Morgan fingerprint density at radius 3 is 2.55 bits per heavy atom. The van der Waals surface area contributed by atoms with E-state index in [9.17, 15) is 0 Å². The monoisotopic (exact) mass is 149 g/mol. The van der Waals surface area contributed by atoms with Crippen LogP contribution in [0.4, 0.5) is 0 Å². The molecular formula is C8H11N3. The normalized spacial score (nSPS) is 12.5. The molecule has 1 unspecified atom stereocenters. The van der Waals surface area contributed by atoms with Crippen LogP contribution >= 0.6 is 0 Å².